The highest BCUT2D eigenvalue weighted by Crippen LogP contribution is 2.36. The molecule has 0 amide bonds. The van der Waals surface area contributed by atoms with Crippen LogP contribution in [0.4, 0.5) is 26.3 Å². The Morgan fingerprint density at radius 2 is 1.44 bits per heavy atom. The maximum atomic E-state index is 12.5. The summed E-state index contributed by atoms with van der Waals surface area (Å²) in [5.41, 5.74) is -3.99. The van der Waals surface area contributed by atoms with E-state index in [-0.39, 0.29) is 28.2 Å². The Bertz CT molecular complexity index is 720. The van der Waals surface area contributed by atoms with Crippen molar-refractivity contribution in [3.8, 4) is 0 Å². The molecule has 134 valence electrons. The molecule has 0 unspecified atom stereocenters. The predicted octanol–water partition coefficient (Wildman–Crippen LogP) is 5.78. The normalized spacial score (nSPS) is 12.1. The SMILES string of the molecule is FC(F)(F)Sc1ccc(CNC(=S)c2ccc(C(F)(F)F)cc2)cc1. The van der Waals surface area contributed by atoms with Crippen LogP contribution >= 0.6 is 24.0 Å². The summed E-state index contributed by atoms with van der Waals surface area (Å²) in [7, 11) is 0. The molecule has 0 radical (unpaired) electrons. The van der Waals surface area contributed by atoms with Gasteiger partial charge in [-0.1, -0.05) is 36.5 Å². The second kappa shape index (κ2) is 7.65. The summed E-state index contributed by atoms with van der Waals surface area (Å²) < 4.78 is 74.3. The molecule has 1 N–H and O–H groups in total. The van der Waals surface area contributed by atoms with E-state index >= 15 is 0 Å². The third-order valence-electron chi connectivity index (χ3n) is 3.08. The number of thioether (sulfide) groups is 1. The van der Waals surface area contributed by atoms with Gasteiger partial charge in [-0.25, -0.2) is 0 Å². The first kappa shape index (κ1) is 19.6. The molecule has 2 rings (SSSR count). The molecule has 0 heterocycles. The topological polar surface area (TPSA) is 12.0 Å². The van der Waals surface area contributed by atoms with Crippen molar-refractivity contribution in [2.45, 2.75) is 23.1 Å². The largest absolute Gasteiger partial charge is 0.446 e. The van der Waals surface area contributed by atoms with E-state index in [0.717, 1.165) is 12.1 Å². The van der Waals surface area contributed by atoms with Crippen LogP contribution in [-0.2, 0) is 12.7 Å². The quantitative estimate of drug-likeness (QED) is 0.400. The van der Waals surface area contributed by atoms with Crippen LogP contribution in [-0.4, -0.2) is 10.5 Å². The Balaban J connectivity index is 1.93. The van der Waals surface area contributed by atoms with Crippen molar-refractivity contribution in [1.29, 1.82) is 0 Å². The molecule has 2 aromatic carbocycles. The fourth-order valence-electron chi connectivity index (χ4n) is 1.90. The van der Waals surface area contributed by atoms with Crippen molar-refractivity contribution in [3.05, 3.63) is 65.2 Å². The molecule has 0 bridgehead atoms. The van der Waals surface area contributed by atoms with Gasteiger partial charge in [-0.3, -0.25) is 0 Å². The van der Waals surface area contributed by atoms with Crippen molar-refractivity contribution in [2.75, 3.05) is 0 Å². The fourth-order valence-corrected chi connectivity index (χ4v) is 2.65. The number of thiocarbonyl (C=S) groups is 1. The van der Waals surface area contributed by atoms with E-state index in [1.807, 2.05) is 0 Å². The Hall–Kier alpha value is -1.74. The molecule has 1 nitrogen and oxygen atoms in total. The molecule has 25 heavy (non-hydrogen) atoms. The predicted molar refractivity (Wildman–Crippen MR) is 88.3 cm³/mol. The van der Waals surface area contributed by atoms with Crippen molar-refractivity contribution >= 4 is 29.0 Å². The lowest BCUT2D eigenvalue weighted by molar-refractivity contribution is -0.137. The average molecular weight is 395 g/mol. The number of benzene rings is 2. The minimum atomic E-state index is -4.41. The van der Waals surface area contributed by atoms with Crippen LogP contribution in [0, 0.1) is 0 Å². The summed E-state index contributed by atoms with van der Waals surface area (Å²) in [6.45, 7) is 0.247. The number of hydrogen-bond acceptors (Lipinski definition) is 2. The zero-order chi connectivity index (χ0) is 18.7. The lowest BCUT2D eigenvalue weighted by Crippen LogP contribution is -2.21. The highest BCUT2D eigenvalue weighted by Gasteiger charge is 2.30. The molecule has 0 aromatic heterocycles. The van der Waals surface area contributed by atoms with E-state index in [1.165, 1.54) is 36.4 Å². The summed E-state index contributed by atoms with van der Waals surface area (Å²) in [6.07, 6.45) is -4.41. The van der Waals surface area contributed by atoms with E-state index in [9.17, 15) is 26.3 Å². The molecule has 0 fully saturated rings. The van der Waals surface area contributed by atoms with Gasteiger partial charge in [-0.15, -0.1) is 0 Å². The fraction of sp³-hybridized carbons (Fsp3) is 0.188. The molecular weight excluding hydrogens is 384 g/mol. The Kier molecular flexibility index (Phi) is 5.99. The third kappa shape index (κ3) is 6.24. The summed E-state index contributed by atoms with van der Waals surface area (Å²) in [4.78, 5) is 0.323. The van der Waals surface area contributed by atoms with Gasteiger partial charge < -0.3 is 5.32 Å². The maximum absolute atomic E-state index is 12.5. The van der Waals surface area contributed by atoms with Gasteiger partial charge in [-0.05, 0) is 41.6 Å². The molecule has 0 aliphatic heterocycles. The molecule has 0 atom stereocenters. The molecule has 0 aliphatic carbocycles. The number of nitrogens with one attached hydrogen (secondary N) is 1. The van der Waals surface area contributed by atoms with Crippen LogP contribution in [0.1, 0.15) is 16.7 Å². The molecule has 0 saturated carbocycles. The van der Waals surface area contributed by atoms with Crippen molar-refractivity contribution in [1.82, 2.24) is 5.32 Å². The van der Waals surface area contributed by atoms with Gasteiger partial charge in [0.25, 0.3) is 0 Å². The van der Waals surface area contributed by atoms with Gasteiger partial charge in [0, 0.05) is 17.0 Å². The zero-order valence-corrected chi connectivity index (χ0v) is 14.0. The van der Waals surface area contributed by atoms with Gasteiger partial charge in [-0.2, -0.15) is 26.3 Å². The Morgan fingerprint density at radius 3 is 1.92 bits per heavy atom. The molecule has 0 spiro atoms. The maximum Gasteiger partial charge on any atom is 0.446 e. The first-order chi connectivity index (χ1) is 11.5. The number of halogens is 6. The molecule has 0 aliphatic rings. The standard InChI is InChI=1S/C16H11F6NS2/c17-15(18,19)12-5-3-11(4-6-12)14(24)23-9-10-1-7-13(8-2-10)25-16(20,21)22/h1-8H,9H2,(H,23,24). The Labute approximate surface area is 149 Å². The van der Waals surface area contributed by atoms with Crippen molar-refractivity contribution in [3.63, 3.8) is 0 Å². The lowest BCUT2D eigenvalue weighted by Gasteiger charge is -2.11. The van der Waals surface area contributed by atoms with E-state index in [1.54, 1.807) is 0 Å². The van der Waals surface area contributed by atoms with Crippen LogP contribution in [0.3, 0.4) is 0 Å². The average Bonchev–Trinajstić information content (AvgIpc) is 2.52. The first-order valence-electron chi connectivity index (χ1n) is 6.85. The van der Waals surface area contributed by atoms with Crippen LogP contribution in [0.5, 0.6) is 0 Å². The van der Waals surface area contributed by atoms with Gasteiger partial charge in [0.05, 0.1) is 5.56 Å². The first-order valence-corrected chi connectivity index (χ1v) is 8.07. The van der Waals surface area contributed by atoms with Crippen molar-refractivity contribution < 1.29 is 26.3 Å². The third-order valence-corrected chi connectivity index (χ3v) is 4.20. The minimum Gasteiger partial charge on any atom is -0.372 e. The number of hydrogen-bond donors (Lipinski definition) is 1. The van der Waals surface area contributed by atoms with Crippen LogP contribution in [0.15, 0.2) is 53.4 Å². The van der Waals surface area contributed by atoms with E-state index in [0.29, 0.717) is 11.1 Å². The zero-order valence-electron chi connectivity index (χ0n) is 12.4. The summed E-state index contributed by atoms with van der Waals surface area (Å²) in [5, 5.41) is 2.86. The van der Waals surface area contributed by atoms with Crippen LogP contribution < -0.4 is 5.32 Å². The summed E-state index contributed by atoms with van der Waals surface area (Å²) >= 11 is 4.90. The highest BCUT2D eigenvalue weighted by molar-refractivity contribution is 8.00. The van der Waals surface area contributed by atoms with Crippen LogP contribution in [0.2, 0.25) is 0 Å². The summed E-state index contributed by atoms with van der Waals surface area (Å²) in [5.74, 6) is 0. The second-order valence-electron chi connectivity index (χ2n) is 4.95. The van der Waals surface area contributed by atoms with Crippen molar-refractivity contribution in [2.24, 2.45) is 0 Å². The molecule has 2 aromatic rings. The number of alkyl halides is 6. The second-order valence-corrected chi connectivity index (χ2v) is 6.50. The van der Waals surface area contributed by atoms with Crippen LogP contribution in [0.25, 0.3) is 0 Å². The van der Waals surface area contributed by atoms with Gasteiger partial charge in [0.1, 0.15) is 4.99 Å². The van der Waals surface area contributed by atoms with Gasteiger partial charge in [0.15, 0.2) is 0 Å². The molecule has 9 heteroatoms. The monoisotopic (exact) mass is 395 g/mol. The smallest absolute Gasteiger partial charge is 0.372 e. The van der Waals surface area contributed by atoms with E-state index in [2.05, 4.69) is 5.32 Å². The Morgan fingerprint density at radius 1 is 0.880 bits per heavy atom. The van der Waals surface area contributed by atoms with Gasteiger partial charge in [0.2, 0.25) is 0 Å². The minimum absolute atomic E-state index is 0.0709. The van der Waals surface area contributed by atoms with Gasteiger partial charge >= 0.3 is 11.7 Å². The summed E-state index contributed by atoms with van der Waals surface area (Å²) in [6, 6.07) is 10.1. The van der Waals surface area contributed by atoms with E-state index < -0.39 is 17.2 Å². The van der Waals surface area contributed by atoms with E-state index in [4.69, 9.17) is 12.2 Å². The molecule has 0 saturated heterocycles. The highest BCUT2D eigenvalue weighted by atomic mass is 32.2. The number of rotatable bonds is 4. The lowest BCUT2D eigenvalue weighted by atomic mass is 10.1. The molecular formula is C16H11F6NS2.